The van der Waals surface area contributed by atoms with Gasteiger partial charge < -0.3 is 4.74 Å². The largest absolute Gasteiger partial charge is 0.494 e. The topological polar surface area (TPSA) is 39.4 Å². The summed E-state index contributed by atoms with van der Waals surface area (Å²) in [5, 5.41) is 4.62. The second-order valence-corrected chi connectivity index (χ2v) is 3.98. The predicted molar refractivity (Wildman–Crippen MR) is 58.6 cm³/mol. The maximum absolute atomic E-state index is 6.03. The van der Waals surface area contributed by atoms with Crippen LogP contribution in [0.25, 0.3) is 5.52 Å². The van der Waals surface area contributed by atoms with Gasteiger partial charge >= 0.3 is 0 Å². The molecule has 5 heteroatoms. The fourth-order valence-corrected chi connectivity index (χ4v) is 1.80. The van der Waals surface area contributed by atoms with E-state index in [1.165, 1.54) is 6.33 Å². The van der Waals surface area contributed by atoms with Gasteiger partial charge in [0, 0.05) is 6.07 Å². The number of nitrogens with zero attached hydrogens (tertiary/aromatic N) is 3. The van der Waals surface area contributed by atoms with E-state index in [9.17, 15) is 0 Å². The van der Waals surface area contributed by atoms with Crippen LogP contribution in [-0.2, 0) is 0 Å². The van der Waals surface area contributed by atoms with Gasteiger partial charge in [0.05, 0.1) is 12.8 Å². The first-order valence-corrected chi connectivity index (χ1v) is 5.09. The monoisotopic (exact) mass is 225 g/mol. The summed E-state index contributed by atoms with van der Waals surface area (Å²) in [7, 11) is 1.61. The van der Waals surface area contributed by atoms with Crippen molar-refractivity contribution in [1.29, 1.82) is 0 Å². The third-order valence-electron chi connectivity index (χ3n) is 2.27. The van der Waals surface area contributed by atoms with E-state index in [1.54, 1.807) is 17.7 Å². The number of hydrogen-bond acceptors (Lipinski definition) is 3. The zero-order chi connectivity index (χ0) is 11.0. The predicted octanol–water partition coefficient (Wildman–Crippen LogP) is 2.51. The molecule has 15 heavy (non-hydrogen) atoms. The smallest absolute Gasteiger partial charge is 0.149 e. The molecule has 4 nitrogen and oxygen atoms in total. The second kappa shape index (κ2) is 3.70. The van der Waals surface area contributed by atoms with Crippen LogP contribution >= 0.6 is 11.6 Å². The van der Waals surface area contributed by atoms with E-state index >= 15 is 0 Å². The quantitative estimate of drug-likeness (QED) is 0.789. The van der Waals surface area contributed by atoms with E-state index in [2.05, 4.69) is 23.9 Å². The summed E-state index contributed by atoms with van der Waals surface area (Å²) in [6, 6.07) is 1.75. The summed E-state index contributed by atoms with van der Waals surface area (Å²) < 4.78 is 6.90. The molecule has 2 aromatic rings. The minimum atomic E-state index is 0.301. The van der Waals surface area contributed by atoms with Crippen LogP contribution in [0, 0.1) is 0 Å². The van der Waals surface area contributed by atoms with Crippen LogP contribution < -0.4 is 4.74 Å². The molecule has 0 aliphatic heterocycles. The number of methoxy groups -OCH3 is 1. The zero-order valence-electron chi connectivity index (χ0n) is 8.86. The first kappa shape index (κ1) is 10.2. The van der Waals surface area contributed by atoms with Crippen molar-refractivity contribution in [1.82, 2.24) is 14.6 Å². The SMILES string of the molecule is COc1cc(Cl)n2ncnc(C(C)C)c12. The standard InChI is InChI=1S/C10H12ClN3O/c1-6(2)9-10-7(15-3)4-8(11)14(10)13-5-12-9/h4-6H,1-3H3. The minimum Gasteiger partial charge on any atom is -0.494 e. The van der Waals surface area contributed by atoms with Crippen molar-refractivity contribution in [3.05, 3.63) is 23.2 Å². The number of fused-ring (bicyclic) bond motifs is 1. The Bertz CT molecular complexity index is 493. The molecule has 0 N–H and O–H groups in total. The van der Waals surface area contributed by atoms with Gasteiger partial charge in [-0.25, -0.2) is 9.50 Å². The summed E-state index contributed by atoms with van der Waals surface area (Å²) in [6.07, 6.45) is 1.51. The molecule has 0 spiro atoms. The Morgan fingerprint density at radius 1 is 1.47 bits per heavy atom. The van der Waals surface area contributed by atoms with Crippen molar-refractivity contribution >= 4 is 17.1 Å². The molecule has 0 unspecified atom stereocenters. The van der Waals surface area contributed by atoms with Crippen molar-refractivity contribution in [2.24, 2.45) is 0 Å². The van der Waals surface area contributed by atoms with Crippen molar-refractivity contribution in [3.8, 4) is 5.75 Å². The first-order chi connectivity index (χ1) is 7.15. The summed E-state index contributed by atoms with van der Waals surface area (Å²) in [5.74, 6) is 1.01. The summed E-state index contributed by atoms with van der Waals surface area (Å²) in [5.41, 5.74) is 1.79. The molecule has 0 bridgehead atoms. The highest BCUT2D eigenvalue weighted by molar-refractivity contribution is 6.30. The Morgan fingerprint density at radius 3 is 2.80 bits per heavy atom. The molecule has 0 aliphatic carbocycles. The van der Waals surface area contributed by atoms with Crippen molar-refractivity contribution in [2.45, 2.75) is 19.8 Å². The Hall–Kier alpha value is -1.29. The number of ether oxygens (including phenoxy) is 1. The van der Waals surface area contributed by atoms with E-state index in [0.717, 1.165) is 11.2 Å². The normalized spacial score (nSPS) is 11.3. The maximum atomic E-state index is 6.03. The van der Waals surface area contributed by atoms with Crippen LogP contribution in [-0.4, -0.2) is 21.7 Å². The van der Waals surface area contributed by atoms with Crippen molar-refractivity contribution in [3.63, 3.8) is 0 Å². The highest BCUT2D eigenvalue weighted by Gasteiger charge is 2.15. The van der Waals surface area contributed by atoms with E-state index in [0.29, 0.717) is 16.8 Å². The lowest BCUT2D eigenvalue weighted by molar-refractivity contribution is 0.419. The second-order valence-electron chi connectivity index (χ2n) is 3.60. The first-order valence-electron chi connectivity index (χ1n) is 4.71. The van der Waals surface area contributed by atoms with Gasteiger partial charge in [0.15, 0.2) is 0 Å². The highest BCUT2D eigenvalue weighted by atomic mass is 35.5. The molecule has 0 aromatic carbocycles. The van der Waals surface area contributed by atoms with Crippen LogP contribution in [0.15, 0.2) is 12.4 Å². The fraction of sp³-hybridized carbons (Fsp3) is 0.400. The van der Waals surface area contributed by atoms with Gasteiger partial charge in [0.2, 0.25) is 0 Å². The van der Waals surface area contributed by atoms with Crippen molar-refractivity contribution in [2.75, 3.05) is 7.11 Å². The lowest BCUT2D eigenvalue weighted by Crippen LogP contribution is -2.01. The number of halogens is 1. The lowest BCUT2D eigenvalue weighted by Gasteiger charge is -2.07. The molecule has 0 saturated carbocycles. The van der Waals surface area contributed by atoms with Crippen molar-refractivity contribution < 1.29 is 4.74 Å². The van der Waals surface area contributed by atoms with Crippen LogP contribution in [0.5, 0.6) is 5.75 Å². The van der Waals surface area contributed by atoms with E-state index in [-0.39, 0.29) is 0 Å². The van der Waals surface area contributed by atoms with E-state index in [1.807, 2.05) is 0 Å². The van der Waals surface area contributed by atoms with Gasteiger partial charge in [0.1, 0.15) is 22.7 Å². The van der Waals surface area contributed by atoms with Crippen LogP contribution in [0.1, 0.15) is 25.5 Å². The maximum Gasteiger partial charge on any atom is 0.149 e. The molecule has 2 rings (SSSR count). The molecule has 80 valence electrons. The number of rotatable bonds is 2. The molecule has 0 atom stereocenters. The molecule has 0 radical (unpaired) electrons. The Balaban J connectivity index is 2.82. The van der Waals surface area contributed by atoms with Gasteiger partial charge in [-0.05, 0) is 5.92 Å². The highest BCUT2D eigenvalue weighted by Crippen LogP contribution is 2.31. The number of aromatic nitrogens is 3. The van der Waals surface area contributed by atoms with Gasteiger partial charge in [-0.1, -0.05) is 25.4 Å². The molecular weight excluding hydrogens is 214 g/mol. The Morgan fingerprint density at radius 2 is 2.20 bits per heavy atom. The molecule has 0 fully saturated rings. The van der Waals surface area contributed by atoms with Gasteiger partial charge in [0.25, 0.3) is 0 Å². The average Bonchev–Trinajstić information content (AvgIpc) is 2.55. The molecular formula is C10H12ClN3O. The average molecular weight is 226 g/mol. The van der Waals surface area contributed by atoms with Gasteiger partial charge in [-0.3, -0.25) is 0 Å². The van der Waals surface area contributed by atoms with Gasteiger partial charge in [-0.2, -0.15) is 5.10 Å². The van der Waals surface area contributed by atoms with E-state index in [4.69, 9.17) is 16.3 Å². The van der Waals surface area contributed by atoms with Crippen LogP contribution in [0.2, 0.25) is 5.15 Å². The molecule has 0 aliphatic rings. The summed E-state index contributed by atoms with van der Waals surface area (Å²) in [6.45, 7) is 4.14. The Kier molecular flexibility index (Phi) is 2.52. The number of hydrogen-bond donors (Lipinski definition) is 0. The molecule has 0 amide bonds. The minimum absolute atomic E-state index is 0.301. The zero-order valence-corrected chi connectivity index (χ0v) is 9.62. The molecule has 2 heterocycles. The van der Waals surface area contributed by atoms with Crippen LogP contribution in [0.4, 0.5) is 0 Å². The third kappa shape index (κ3) is 1.55. The molecule has 2 aromatic heterocycles. The molecule has 0 saturated heterocycles. The summed E-state index contributed by atoms with van der Waals surface area (Å²) >= 11 is 6.03. The van der Waals surface area contributed by atoms with Gasteiger partial charge in [-0.15, -0.1) is 0 Å². The Labute approximate surface area is 92.8 Å². The fourth-order valence-electron chi connectivity index (χ4n) is 1.58. The van der Waals surface area contributed by atoms with Crippen LogP contribution in [0.3, 0.4) is 0 Å². The van der Waals surface area contributed by atoms with E-state index < -0.39 is 0 Å². The third-order valence-corrected chi connectivity index (χ3v) is 2.54. The lowest BCUT2D eigenvalue weighted by atomic mass is 10.1. The summed E-state index contributed by atoms with van der Waals surface area (Å²) in [4.78, 5) is 4.26.